The van der Waals surface area contributed by atoms with Gasteiger partial charge in [0.1, 0.15) is 5.82 Å². The highest BCUT2D eigenvalue weighted by Crippen LogP contribution is 2.24. The summed E-state index contributed by atoms with van der Waals surface area (Å²) in [6, 6.07) is 4.70. The lowest BCUT2D eigenvalue weighted by atomic mass is 10.0. The molecule has 1 aliphatic carbocycles. The van der Waals surface area contributed by atoms with E-state index in [1.807, 2.05) is 0 Å². The maximum absolute atomic E-state index is 13.0. The first-order chi connectivity index (χ1) is 8.15. The van der Waals surface area contributed by atoms with Crippen LogP contribution in [0.5, 0.6) is 0 Å². The molecule has 0 spiro atoms. The normalized spacial score (nSPS) is 16.6. The van der Waals surface area contributed by atoms with Crippen molar-refractivity contribution < 1.29 is 9.18 Å². The van der Waals surface area contributed by atoms with Crippen molar-refractivity contribution in [3.8, 4) is 0 Å². The molecule has 0 heterocycles. The van der Waals surface area contributed by atoms with Crippen LogP contribution >= 0.6 is 15.9 Å². The Balaban J connectivity index is 2.16. The molecule has 1 aromatic carbocycles. The van der Waals surface area contributed by atoms with Crippen LogP contribution in [0.25, 0.3) is 0 Å². The molecule has 0 saturated carbocycles. The summed E-state index contributed by atoms with van der Waals surface area (Å²) in [5, 5.41) is 0. The van der Waals surface area contributed by atoms with E-state index in [1.165, 1.54) is 12.1 Å². The minimum Gasteiger partial charge on any atom is -0.295 e. The Kier molecular flexibility index (Phi) is 4.11. The van der Waals surface area contributed by atoms with Crippen LogP contribution < -0.4 is 0 Å². The molecular formula is C14H14BrFO. The van der Waals surface area contributed by atoms with Crippen LogP contribution in [0, 0.1) is 5.82 Å². The number of halogens is 2. The molecule has 1 aromatic rings. The maximum Gasteiger partial charge on any atom is 0.155 e. The molecule has 3 heteroatoms. The highest BCUT2D eigenvalue weighted by atomic mass is 79.9. The Bertz CT molecular complexity index is 465. The van der Waals surface area contributed by atoms with Crippen molar-refractivity contribution >= 4 is 21.7 Å². The highest BCUT2D eigenvalue weighted by molar-refractivity contribution is 9.10. The van der Waals surface area contributed by atoms with E-state index < -0.39 is 0 Å². The lowest BCUT2D eigenvalue weighted by molar-refractivity contribution is -0.114. The van der Waals surface area contributed by atoms with E-state index >= 15 is 0 Å². The molecule has 0 aromatic heterocycles. The van der Waals surface area contributed by atoms with E-state index in [0.29, 0.717) is 6.42 Å². The van der Waals surface area contributed by atoms with Crippen molar-refractivity contribution in [1.29, 1.82) is 0 Å². The smallest absolute Gasteiger partial charge is 0.155 e. The predicted molar refractivity (Wildman–Crippen MR) is 69.4 cm³/mol. The Labute approximate surface area is 109 Å². The number of ketones is 1. The summed E-state index contributed by atoms with van der Waals surface area (Å²) in [4.78, 5) is 11.5. The molecular weight excluding hydrogens is 283 g/mol. The van der Waals surface area contributed by atoms with Crippen LogP contribution in [-0.4, -0.2) is 5.78 Å². The van der Waals surface area contributed by atoms with E-state index in [4.69, 9.17) is 0 Å². The van der Waals surface area contributed by atoms with Gasteiger partial charge in [-0.3, -0.25) is 4.79 Å². The Hall–Kier alpha value is -0.960. The summed E-state index contributed by atoms with van der Waals surface area (Å²) in [7, 11) is 0. The Morgan fingerprint density at radius 1 is 1.24 bits per heavy atom. The average Bonchev–Trinajstić information content (AvgIpc) is 2.47. The molecule has 1 aliphatic rings. The quantitative estimate of drug-likeness (QED) is 0.799. The second-order valence-corrected chi connectivity index (χ2v) is 5.24. The van der Waals surface area contributed by atoms with E-state index in [0.717, 1.165) is 41.3 Å². The van der Waals surface area contributed by atoms with Gasteiger partial charge in [-0.25, -0.2) is 4.39 Å². The summed E-state index contributed by atoms with van der Waals surface area (Å²) in [6.45, 7) is 0. The predicted octanol–water partition coefficient (Wildman–Crippen LogP) is 4.20. The number of allylic oxidation sites excluding steroid dienone is 2. The number of hydrogen-bond acceptors (Lipinski definition) is 1. The second-order valence-electron chi connectivity index (χ2n) is 4.39. The van der Waals surface area contributed by atoms with Crippen LogP contribution in [-0.2, 0) is 11.2 Å². The standard InChI is InChI=1S/C14H14BrFO/c15-14-9-12(16)6-5-11(14)7-10-3-1-2-4-13(17)8-10/h5-6,8-9H,1-4,7H2. The number of carbonyl (C=O) groups is 1. The second kappa shape index (κ2) is 5.58. The minimum atomic E-state index is -0.244. The molecule has 0 amide bonds. The van der Waals surface area contributed by atoms with Crippen LogP contribution in [0.3, 0.4) is 0 Å². The van der Waals surface area contributed by atoms with Gasteiger partial charge in [-0.05, 0) is 49.5 Å². The van der Waals surface area contributed by atoms with Crippen molar-refractivity contribution in [2.24, 2.45) is 0 Å². The molecule has 0 bridgehead atoms. The van der Waals surface area contributed by atoms with Crippen molar-refractivity contribution in [3.63, 3.8) is 0 Å². The monoisotopic (exact) mass is 296 g/mol. The maximum atomic E-state index is 13.0. The van der Waals surface area contributed by atoms with Crippen molar-refractivity contribution in [1.82, 2.24) is 0 Å². The van der Waals surface area contributed by atoms with E-state index in [-0.39, 0.29) is 11.6 Å². The third kappa shape index (κ3) is 3.50. The fourth-order valence-corrected chi connectivity index (χ4v) is 2.56. The van der Waals surface area contributed by atoms with Gasteiger partial charge < -0.3 is 0 Å². The molecule has 1 nitrogen and oxygen atoms in total. The van der Waals surface area contributed by atoms with Gasteiger partial charge >= 0.3 is 0 Å². The summed E-state index contributed by atoms with van der Waals surface area (Å²) < 4.78 is 13.7. The molecule has 0 aliphatic heterocycles. The molecule has 0 radical (unpaired) electrons. The molecule has 2 rings (SSSR count). The van der Waals surface area contributed by atoms with Gasteiger partial charge in [0, 0.05) is 10.9 Å². The summed E-state index contributed by atoms with van der Waals surface area (Å²) >= 11 is 3.36. The van der Waals surface area contributed by atoms with Gasteiger partial charge in [0.15, 0.2) is 5.78 Å². The fourth-order valence-electron chi connectivity index (χ4n) is 2.07. The average molecular weight is 297 g/mol. The van der Waals surface area contributed by atoms with Crippen LogP contribution in [0.15, 0.2) is 34.3 Å². The zero-order chi connectivity index (χ0) is 12.3. The third-order valence-corrected chi connectivity index (χ3v) is 3.71. The van der Waals surface area contributed by atoms with Gasteiger partial charge in [-0.2, -0.15) is 0 Å². The molecule has 0 fully saturated rings. The Morgan fingerprint density at radius 3 is 2.76 bits per heavy atom. The number of benzene rings is 1. The number of hydrogen-bond donors (Lipinski definition) is 0. The molecule has 0 atom stereocenters. The van der Waals surface area contributed by atoms with Crippen LogP contribution in [0.2, 0.25) is 0 Å². The van der Waals surface area contributed by atoms with E-state index in [1.54, 1.807) is 12.1 Å². The molecule has 0 unspecified atom stereocenters. The summed E-state index contributed by atoms with van der Waals surface area (Å²) in [6.07, 6.45) is 6.17. The van der Waals surface area contributed by atoms with Crippen LogP contribution in [0.4, 0.5) is 4.39 Å². The number of carbonyl (C=O) groups excluding carboxylic acids is 1. The van der Waals surface area contributed by atoms with Gasteiger partial charge in [-0.1, -0.05) is 27.6 Å². The lowest BCUT2D eigenvalue weighted by Gasteiger charge is -2.07. The fraction of sp³-hybridized carbons (Fsp3) is 0.357. The van der Waals surface area contributed by atoms with Crippen molar-refractivity contribution in [2.75, 3.05) is 0 Å². The van der Waals surface area contributed by atoms with Gasteiger partial charge in [-0.15, -0.1) is 0 Å². The summed E-state index contributed by atoms with van der Waals surface area (Å²) in [5.74, 6) is -0.0257. The van der Waals surface area contributed by atoms with Crippen LogP contribution in [0.1, 0.15) is 31.2 Å². The Morgan fingerprint density at radius 2 is 2.00 bits per heavy atom. The molecule has 90 valence electrons. The molecule has 0 N–H and O–H groups in total. The number of rotatable bonds is 2. The summed E-state index contributed by atoms with van der Waals surface area (Å²) in [5.41, 5.74) is 2.19. The van der Waals surface area contributed by atoms with Crippen molar-refractivity contribution in [2.45, 2.75) is 32.1 Å². The SMILES string of the molecule is O=C1C=C(Cc2ccc(F)cc2Br)CCCC1. The van der Waals surface area contributed by atoms with E-state index in [9.17, 15) is 9.18 Å². The van der Waals surface area contributed by atoms with Gasteiger partial charge in [0.05, 0.1) is 0 Å². The third-order valence-electron chi connectivity index (χ3n) is 2.97. The topological polar surface area (TPSA) is 17.1 Å². The highest BCUT2D eigenvalue weighted by Gasteiger charge is 2.10. The zero-order valence-corrected chi connectivity index (χ0v) is 11.1. The molecule has 17 heavy (non-hydrogen) atoms. The largest absolute Gasteiger partial charge is 0.295 e. The lowest BCUT2D eigenvalue weighted by Crippen LogP contribution is -1.95. The first kappa shape index (κ1) is 12.5. The van der Waals surface area contributed by atoms with E-state index in [2.05, 4.69) is 15.9 Å². The first-order valence-electron chi connectivity index (χ1n) is 5.81. The zero-order valence-electron chi connectivity index (χ0n) is 9.51. The van der Waals surface area contributed by atoms with Gasteiger partial charge in [0.25, 0.3) is 0 Å². The first-order valence-corrected chi connectivity index (χ1v) is 6.60. The van der Waals surface area contributed by atoms with Gasteiger partial charge in [0.2, 0.25) is 0 Å². The van der Waals surface area contributed by atoms with Crippen molar-refractivity contribution in [3.05, 3.63) is 45.7 Å². The molecule has 0 saturated heterocycles. The minimum absolute atomic E-state index is 0.218.